The third-order valence-corrected chi connectivity index (χ3v) is 12.7. The zero-order chi connectivity index (χ0) is 21.1. The summed E-state index contributed by atoms with van der Waals surface area (Å²) >= 11 is 6.62. The number of hydrogen-bond acceptors (Lipinski definition) is 0. The Morgan fingerprint density at radius 1 is 1.00 bits per heavy atom. The summed E-state index contributed by atoms with van der Waals surface area (Å²) in [4.78, 5) is 0. The summed E-state index contributed by atoms with van der Waals surface area (Å²) in [7, 11) is 0. The van der Waals surface area contributed by atoms with E-state index in [1.165, 1.54) is 18.2 Å². The van der Waals surface area contributed by atoms with E-state index in [0.717, 1.165) is 57.3 Å². The standard InChI is InChI=1S/C22H27ClF3S.U/c1-14-11-19(24)9-7-16(14)5-6-17(15(2)27(3)4)8-10-20-21(25)12-18(23)13-22(20)26;/h7,9,11-13,15,17H,5-6,8,10H2,1-4H3;/q+1;-1. The van der Waals surface area contributed by atoms with Gasteiger partial charge in [0.25, 0.3) is 0 Å². The van der Waals surface area contributed by atoms with E-state index in [1.54, 1.807) is 6.07 Å². The van der Waals surface area contributed by atoms with Gasteiger partial charge in [0.2, 0.25) is 0 Å². The zero-order valence-corrected chi connectivity index (χ0v) is 22.5. The van der Waals surface area contributed by atoms with Crippen molar-refractivity contribution in [2.45, 2.75) is 44.8 Å². The number of hydrogen-bond donors (Lipinski definition) is 0. The molecule has 6 heteroatoms. The van der Waals surface area contributed by atoms with Crippen LogP contribution in [0.5, 0.6) is 0 Å². The van der Waals surface area contributed by atoms with Crippen molar-refractivity contribution in [3.63, 3.8) is 0 Å². The summed E-state index contributed by atoms with van der Waals surface area (Å²) in [5.41, 5.74) is 2.23. The van der Waals surface area contributed by atoms with Gasteiger partial charge in [0.05, 0.1) is 0 Å². The van der Waals surface area contributed by atoms with Crippen LogP contribution in [0.3, 0.4) is 0 Å². The Morgan fingerprint density at radius 2 is 1.57 bits per heavy atom. The van der Waals surface area contributed by atoms with Crippen molar-refractivity contribution < 1.29 is 40.1 Å². The van der Waals surface area contributed by atoms with Gasteiger partial charge in [0, 0.05) is 0 Å². The van der Waals surface area contributed by atoms with Crippen molar-refractivity contribution in [3.8, 4) is 0 Å². The van der Waals surface area contributed by atoms with Crippen molar-refractivity contribution in [2.24, 2.45) is 5.92 Å². The van der Waals surface area contributed by atoms with Crippen LogP contribution in [-0.4, -0.2) is 17.8 Å². The maximum absolute atomic E-state index is 14.2. The molecule has 0 heterocycles. The number of aryl methyl sites for hydroxylation is 2. The molecule has 0 radical (unpaired) electrons. The first kappa shape index (κ1) is 24.2. The van der Waals surface area contributed by atoms with E-state index >= 15 is 0 Å². The molecule has 0 N–H and O–H groups in total. The Bertz CT molecular complexity index is 917. The van der Waals surface area contributed by atoms with Crippen LogP contribution >= 0.6 is 16.6 Å². The molecule has 0 nitrogen and oxygen atoms in total. The fourth-order valence-electron chi connectivity index (χ4n) is 3.52. The molecule has 2 rings (SSSR count). The van der Waals surface area contributed by atoms with E-state index in [0.29, 0.717) is 17.6 Å². The average Bonchev–Trinajstić information content (AvgIpc) is 2.56. The summed E-state index contributed by atoms with van der Waals surface area (Å²) in [6.45, 7) is 4.21. The second-order valence-corrected chi connectivity index (χ2v) is 25.0. The van der Waals surface area contributed by atoms with Crippen LogP contribution < -0.4 is 0 Å². The normalized spacial score (nSPS) is 14.2. The van der Waals surface area contributed by atoms with E-state index < -0.39 is 16.7 Å². The van der Waals surface area contributed by atoms with Gasteiger partial charge in [-0.2, -0.15) is 0 Å². The molecule has 0 saturated carbocycles. The second-order valence-electron chi connectivity index (χ2n) is 7.87. The molecule has 2 aromatic carbocycles. The van der Waals surface area contributed by atoms with Crippen LogP contribution in [0, 0.1) is 57.2 Å². The molecule has 0 spiro atoms. The summed E-state index contributed by atoms with van der Waals surface area (Å²) in [5, 5.41) is -0.0443. The Balaban J connectivity index is 2.17. The first-order chi connectivity index (χ1) is 13.0. The molecule has 2 aromatic rings. The fraction of sp³-hybridized carbons (Fsp3) is 0.455. The van der Waals surface area contributed by atoms with Crippen LogP contribution in [-0.2, 0) is 12.8 Å². The molecule has 28 heavy (non-hydrogen) atoms. The fourth-order valence-corrected chi connectivity index (χ4v) is 7.35. The van der Waals surface area contributed by atoms with Crippen molar-refractivity contribution in [1.29, 1.82) is 0 Å². The Hall–Kier alpha value is -0.0781. The van der Waals surface area contributed by atoms with Crippen LogP contribution in [0.15, 0.2) is 30.3 Å². The van der Waals surface area contributed by atoms with Gasteiger partial charge in [-0.3, -0.25) is 0 Å². The topological polar surface area (TPSA) is 0 Å². The average molecular weight is 654 g/mol. The van der Waals surface area contributed by atoms with Crippen molar-refractivity contribution in [1.82, 2.24) is 0 Å². The molecule has 0 fully saturated rings. The summed E-state index contributed by atoms with van der Waals surface area (Å²) in [5.74, 6) is -0.976. The number of halogens is 4. The predicted molar refractivity (Wildman–Crippen MR) is 112 cm³/mol. The van der Waals surface area contributed by atoms with Gasteiger partial charge < -0.3 is 0 Å². The predicted octanol–water partition coefficient (Wildman–Crippen LogP) is 7.16. The summed E-state index contributed by atoms with van der Waals surface area (Å²) in [6.07, 6.45) is 7.60. The Morgan fingerprint density at radius 3 is 2.11 bits per heavy atom. The molecule has 0 aliphatic rings. The molecule has 153 valence electrons. The SMILES string of the molecule is Cc1cc(F)ccc1CCC(CCc1c(F)cc(Cl)cc1F)C(C)[S](C)(C)#[U]. The molecular weight excluding hydrogens is 627 g/mol. The van der Waals surface area contributed by atoms with Crippen molar-refractivity contribution in [3.05, 3.63) is 69.5 Å². The van der Waals surface area contributed by atoms with Crippen LogP contribution in [0.25, 0.3) is 0 Å². The second kappa shape index (κ2) is 10.3. The minimum absolute atomic E-state index is 0.0851. The van der Waals surface area contributed by atoms with Crippen LogP contribution in [0.1, 0.15) is 36.5 Å². The van der Waals surface area contributed by atoms with Gasteiger partial charge >= 0.3 is 189 Å². The molecule has 0 amide bonds. The minimum atomic E-state index is -0.655. The molecule has 2 unspecified atom stereocenters. The molecule has 0 saturated heterocycles. The van der Waals surface area contributed by atoms with E-state index in [-0.39, 0.29) is 16.4 Å². The molecular formula is C22H27ClF3SU. The number of rotatable bonds is 7. The van der Waals surface area contributed by atoms with E-state index in [1.807, 2.05) is 13.0 Å². The zero-order valence-electron chi connectivity index (χ0n) is 16.8. The first-order valence-electron chi connectivity index (χ1n) is 9.34. The summed E-state index contributed by atoms with van der Waals surface area (Å²) < 4.78 is 41.8. The van der Waals surface area contributed by atoms with E-state index in [2.05, 4.69) is 19.4 Å². The maximum atomic E-state index is 14.2. The molecule has 0 aromatic heterocycles. The Kier molecular flexibility index (Phi) is 8.89. The van der Waals surface area contributed by atoms with Gasteiger partial charge in [0.1, 0.15) is 0 Å². The molecule has 2 atom stereocenters. The number of benzene rings is 2. The van der Waals surface area contributed by atoms with Crippen molar-refractivity contribution in [2.75, 3.05) is 12.5 Å². The molecule has 0 bridgehead atoms. The van der Waals surface area contributed by atoms with Gasteiger partial charge in [-0.05, 0) is 0 Å². The quantitative estimate of drug-likeness (QED) is 0.298. The third-order valence-electron chi connectivity index (χ3n) is 5.55. The van der Waals surface area contributed by atoms with Crippen LogP contribution in [0.2, 0.25) is 5.02 Å². The first-order valence-corrected chi connectivity index (χ1v) is 17.3. The molecule has 0 aliphatic carbocycles. The summed E-state index contributed by atoms with van der Waals surface area (Å²) in [6, 6.07) is 7.29. The van der Waals surface area contributed by atoms with Gasteiger partial charge in [0.15, 0.2) is 0 Å². The third kappa shape index (κ3) is 6.73. The van der Waals surface area contributed by atoms with E-state index in [9.17, 15) is 13.2 Å². The van der Waals surface area contributed by atoms with Gasteiger partial charge in [-0.15, -0.1) is 0 Å². The van der Waals surface area contributed by atoms with Gasteiger partial charge in [-0.1, -0.05) is 0 Å². The molecule has 0 aliphatic heterocycles. The van der Waals surface area contributed by atoms with Gasteiger partial charge in [-0.25, -0.2) is 0 Å². The monoisotopic (exact) mass is 653 g/mol. The van der Waals surface area contributed by atoms with Crippen molar-refractivity contribution >= 4 is 16.6 Å². The van der Waals surface area contributed by atoms with E-state index in [4.69, 9.17) is 11.6 Å². The van der Waals surface area contributed by atoms with Crippen LogP contribution in [0.4, 0.5) is 13.2 Å². The Labute approximate surface area is 188 Å².